The van der Waals surface area contributed by atoms with Gasteiger partial charge < -0.3 is 9.64 Å². The summed E-state index contributed by atoms with van der Waals surface area (Å²) >= 11 is 0. The number of rotatable bonds is 3. The van der Waals surface area contributed by atoms with E-state index >= 15 is 0 Å². The molecule has 1 atom stereocenters. The summed E-state index contributed by atoms with van der Waals surface area (Å²) in [4.78, 5) is 23.7. The van der Waals surface area contributed by atoms with Crippen molar-refractivity contribution in [3.05, 3.63) is 0 Å². The summed E-state index contributed by atoms with van der Waals surface area (Å²) in [5.41, 5.74) is 0. The zero-order valence-electron chi connectivity index (χ0n) is 9.42. The highest BCUT2D eigenvalue weighted by molar-refractivity contribution is 5.83. The molecule has 0 aromatic heterocycles. The highest BCUT2D eigenvalue weighted by Gasteiger charge is 2.37. The van der Waals surface area contributed by atoms with Crippen molar-refractivity contribution in [2.45, 2.75) is 32.0 Å². The fraction of sp³-hybridized carbons (Fsp3) is 0.800. The number of ketones is 1. The molecule has 7 heteroatoms. The highest BCUT2D eigenvalue weighted by atomic mass is 19.4. The van der Waals surface area contributed by atoms with E-state index in [1.807, 2.05) is 0 Å². The Bertz CT molecular complexity index is 294. The summed E-state index contributed by atoms with van der Waals surface area (Å²) in [6.45, 7) is 0.782. The molecule has 1 heterocycles. The van der Waals surface area contributed by atoms with Crippen LogP contribution in [0.3, 0.4) is 0 Å². The number of nitrogens with zero attached hydrogens (tertiary/aromatic N) is 1. The van der Waals surface area contributed by atoms with Gasteiger partial charge >= 0.3 is 6.18 Å². The van der Waals surface area contributed by atoms with Crippen LogP contribution in [0.15, 0.2) is 0 Å². The quantitative estimate of drug-likeness (QED) is 0.758. The summed E-state index contributed by atoms with van der Waals surface area (Å²) in [6, 6.07) is 0. The predicted molar refractivity (Wildman–Crippen MR) is 52.3 cm³/mol. The van der Waals surface area contributed by atoms with Crippen molar-refractivity contribution >= 4 is 11.7 Å². The van der Waals surface area contributed by atoms with Gasteiger partial charge in [-0.25, -0.2) is 0 Å². The third kappa shape index (κ3) is 4.33. The number of alkyl halides is 3. The molecule has 17 heavy (non-hydrogen) atoms. The zero-order chi connectivity index (χ0) is 13.1. The number of carbonyl (C=O) groups is 2. The molecule has 0 N–H and O–H groups in total. The summed E-state index contributed by atoms with van der Waals surface area (Å²) < 4.78 is 40.7. The predicted octanol–water partition coefficient (Wildman–Crippen LogP) is 1.15. The van der Waals surface area contributed by atoms with E-state index in [1.54, 1.807) is 0 Å². The Labute approximate surface area is 96.7 Å². The molecule has 0 aromatic carbocycles. The number of ether oxygens (including phenoxy) is 1. The van der Waals surface area contributed by atoms with Crippen LogP contribution in [0.1, 0.15) is 19.8 Å². The Morgan fingerprint density at radius 3 is 2.41 bits per heavy atom. The number of hydrogen-bond donors (Lipinski definition) is 0. The summed E-state index contributed by atoms with van der Waals surface area (Å²) in [7, 11) is 0. The summed E-state index contributed by atoms with van der Waals surface area (Å²) in [6.07, 6.45) is -5.89. The van der Waals surface area contributed by atoms with Gasteiger partial charge in [0, 0.05) is 25.9 Å². The van der Waals surface area contributed by atoms with Crippen molar-refractivity contribution in [3.8, 4) is 0 Å². The minimum Gasteiger partial charge on any atom is -0.359 e. The van der Waals surface area contributed by atoms with Gasteiger partial charge in [-0.3, -0.25) is 9.59 Å². The first-order valence-corrected chi connectivity index (χ1v) is 5.28. The largest absolute Gasteiger partial charge is 0.414 e. The Morgan fingerprint density at radius 1 is 1.41 bits per heavy atom. The molecule has 1 aliphatic heterocycles. The first-order valence-electron chi connectivity index (χ1n) is 5.28. The lowest BCUT2D eigenvalue weighted by Crippen LogP contribution is -2.42. The molecule has 98 valence electrons. The molecule has 1 amide bonds. The fourth-order valence-electron chi connectivity index (χ4n) is 1.39. The molecular weight excluding hydrogens is 239 g/mol. The van der Waals surface area contributed by atoms with Crippen molar-refractivity contribution in [2.24, 2.45) is 0 Å². The summed E-state index contributed by atoms with van der Waals surface area (Å²) in [5.74, 6) is -0.438. The van der Waals surface area contributed by atoms with E-state index < -0.39 is 24.8 Å². The molecule has 1 saturated heterocycles. The Hall–Kier alpha value is -1.11. The van der Waals surface area contributed by atoms with E-state index in [0.717, 1.165) is 6.92 Å². The number of halogens is 3. The third-order valence-electron chi connectivity index (χ3n) is 2.59. The minimum atomic E-state index is -4.46. The smallest absolute Gasteiger partial charge is 0.359 e. The molecule has 0 saturated carbocycles. The van der Waals surface area contributed by atoms with Crippen LogP contribution in [0.2, 0.25) is 0 Å². The first-order chi connectivity index (χ1) is 7.80. The molecule has 1 aliphatic rings. The van der Waals surface area contributed by atoms with Gasteiger partial charge in [-0.05, 0) is 6.92 Å². The average Bonchev–Trinajstić information content (AvgIpc) is 2.25. The van der Waals surface area contributed by atoms with E-state index in [4.69, 9.17) is 0 Å². The van der Waals surface area contributed by atoms with Gasteiger partial charge in [0.05, 0.1) is 0 Å². The van der Waals surface area contributed by atoms with Crippen LogP contribution in [0, 0.1) is 0 Å². The number of piperidine rings is 1. The van der Waals surface area contributed by atoms with Gasteiger partial charge in [-0.15, -0.1) is 0 Å². The van der Waals surface area contributed by atoms with Crippen molar-refractivity contribution in [1.29, 1.82) is 0 Å². The van der Waals surface area contributed by atoms with Crippen LogP contribution in [0.5, 0.6) is 0 Å². The Morgan fingerprint density at radius 2 is 1.94 bits per heavy atom. The molecule has 0 aliphatic carbocycles. The topological polar surface area (TPSA) is 46.6 Å². The van der Waals surface area contributed by atoms with Gasteiger partial charge in [0.2, 0.25) is 5.91 Å². The van der Waals surface area contributed by atoms with E-state index in [0.29, 0.717) is 0 Å². The first kappa shape index (κ1) is 14.0. The molecule has 4 nitrogen and oxygen atoms in total. The second-order valence-electron chi connectivity index (χ2n) is 3.91. The fourth-order valence-corrected chi connectivity index (χ4v) is 1.39. The second kappa shape index (κ2) is 5.48. The van der Waals surface area contributed by atoms with Crippen molar-refractivity contribution < 1.29 is 27.5 Å². The zero-order valence-corrected chi connectivity index (χ0v) is 9.42. The van der Waals surface area contributed by atoms with Gasteiger partial charge in [0.1, 0.15) is 12.4 Å². The van der Waals surface area contributed by atoms with Crippen molar-refractivity contribution in [1.82, 2.24) is 4.90 Å². The highest BCUT2D eigenvalue weighted by Crippen LogP contribution is 2.22. The summed E-state index contributed by atoms with van der Waals surface area (Å²) in [5, 5.41) is 0. The van der Waals surface area contributed by atoms with Crippen molar-refractivity contribution in [3.63, 3.8) is 0 Å². The molecule has 1 rings (SSSR count). The standard InChI is InChI=1S/C10H14F3NO3/c1-7(10(11,12)13)17-6-9(16)14-4-2-8(15)3-5-14/h7H,2-6H2,1H3. The van der Waals surface area contributed by atoms with Crippen LogP contribution in [0.25, 0.3) is 0 Å². The molecule has 1 unspecified atom stereocenters. The SMILES string of the molecule is CC(OCC(=O)N1CCC(=O)CC1)C(F)(F)F. The molecule has 0 radical (unpaired) electrons. The lowest BCUT2D eigenvalue weighted by Gasteiger charge is -2.26. The number of amides is 1. The van der Waals surface area contributed by atoms with Gasteiger partial charge in [0.25, 0.3) is 0 Å². The average molecular weight is 253 g/mol. The van der Waals surface area contributed by atoms with Crippen LogP contribution in [0.4, 0.5) is 13.2 Å². The number of Topliss-reactive ketones (excluding diaryl/α,β-unsaturated/α-hetero) is 1. The van der Waals surface area contributed by atoms with Crippen molar-refractivity contribution in [2.75, 3.05) is 19.7 Å². The van der Waals surface area contributed by atoms with Gasteiger partial charge in [0.15, 0.2) is 6.10 Å². The number of hydrogen-bond acceptors (Lipinski definition) is 3. The van der Waals surface area contributed by atoms with E-state index in [2.05, 4.69) is 4.74 Å². The molecule has 0 spiro atoms. The van der Waals surface area contributed by atoms with Crippen LogP contribution in [-0.2, 0) is 14.3 Å². The minimum absolute atomic E-state index is 0.0682. The normalized spacial score (nSPS) is 19.3. The molecular formula is C10H14F3NO3. The maximum atomic E-state index is 12.1. The molecule has 0 aromatic rings. The van der Waals surface area contributed by atoms with Gasteiger partial charge in [-0.1, -0.05) is 0 Å². The van der Waals surface area contributed by atoms with E-state index in [1.165, 1.54) is 4.90 Å². The lowest BCUT2D eigenvalue weighted by atomic mass is 10.1. The van der Waals surface area contributed by atoms with E-state index in [-0.39, 0.29) is 31.7 Å². The third-order valence-corrected chi connectivity index (χ3v) is 2.59. The van der Waals surface area contributed by atoms with Crippen LogP contribution < -0.4 is 0 Å². The molecule has 0 bridgehead atoms. The number of likely N-dealkylation sites (tertiary alicyclic amines) is 1. The maximum absolute atomic E-state index is 12.1. The molecule has 1 fully saturated rings. The lowest BCUT2D eigenvalue weighted by molar-refractivity contribution is -0.214. The second-order valence-corrected chi connectivity index (χ2v) is 3.91. The Kier molecular flexibility index (Phi) is 4.50. The Balaban J connectivity index is 2.32. The maximum Gasteiger partial charge on any atom is 0.414 e. The van der Waals surface area contributed by atoms with Gasteiger partial charge in [-0.2, -0.15) is 13.2 Å². The monoisotopic (exact) mass is 253 g/mol. The van der Waals surface area contributed by atoms with Crippen LogP contribution in [-0.4, -0.2) is 48.6 Å². The van der Waals surface area contributed by atoms with Crippen LogP contribution >= 0.6 is 0 Å². The van der Waals surface area contributed by atoms with E-state index in [9.17, 15) is 22.8 Å². The number of carbonyl (C=O) groups excluding carboxylic acids is 2.